The van der Waals surface area contributed by atoms with Crippen molar-refractivity contribution in [2.45, 2.75) is 51.4 Å². The molecule has 1 fully saturated rings. The highest BCUT2D eigenvalue weighted by Gasteiger charge is 2.26. The Hall–Kier alpha value is -0.300. The number of allylic oxidation sites excluding steroid dienone is 1. The molecule has 1 nitrogen and oxygen atoms in total. The number of fused-ring (bicyclic) bond motifs is 1. The Kier molecular flexibility index (Phi) is 4.72. The summed E-state index contributed by atoms with van der Waals surface area (Å²) in [5, 5.41) is 0. The maximum absolute atomic E-state index is 5.77. The molecule has 1 heterocycles. The lowest BCUT2D eigenvalue weighted by molar-refractivity contribution is 0.0865. The van der Waals surface area contributed by atoms with Crippen LogP contribution in [-0.4, -0.2) is 13.2 Å². The maximum Gasteiger partial charge on any atom is 0.0500 e. The van der Waals surface area contributed by atoms with Crippen molar-refractivity contribution in [1.29, 1.82) is 0 Å². The first kappa shape index (κ1) is 11.2. The Bertz CT molecular complexity index is 178. The topological polar surface area (TPSA) is 9.23 Å². The zero-order valence-corrected chi connectivity index (χ0v) is 9.79. The summed E-state index contributed by atoms with van der Waals surface area (Å²) in [4.78, 5) is 0. The summed E-state index contributed by atoms with van der Waals surface area (Å²) in [6.07, 6.45) is 15.6. The highest BCUT2D eigenvalue weighted by Crippen LogP contribution is 2.35. The Morgan fingerprint density at radius 3 is 2.60 bits per heavy atom. The molecule has 2 rings (SSSR count). The van der Waals surface area contributed by atoms with Crippen molar-refractivity contribution in [1.82, 2.24) is 0 Å². The second-order valence-corrected chi connectivity index (χ2v) is 5.07. The van der Waals surface area contributed by atoms with Crippen LogP contribution in [0.5, 0.6) is 0 Å². The van der Waals surface area contributed by atoms with Gasteiger partial charge in [-0.05, 0) is 37.5 Å². The molecular formula is C14H24O. The Morgan fingerprint density at radius 1 is 0.800 bits per heavy atom. The van der Waals surface area contributed by atoms with E-state index in [2.05, 4.69) is 12.2 Å². The minimum absolute atomic E-state index is 0.883. The van der Waals surface area contributed by atoms with Gasteiger partial charge in [0.2, 0.25) is 0 Å². The summed E-state index contributed by atoms with van der Waals surface area (Å²) in [7, 11) is 0. The summed E-state index contributed by atoms with van der Waals surface area (Å²) in [6.45, 7) is 1.96. The SMILES string of the molecule is C1=CCCOCC2CCCC2CCCC1. The minimum Gasteiger partial charge on any atom is -0.381 e. The van der Waals surface area contributed by atoms with Crippen LogP contribution in [0, 0.1) is 11.8 Å². The number of rotatable bonds is 0. The standard InChI is InChI=1S/C14H24O/c1-2-4-6-11-15-12-14-10-7-9-13(14)8-5-3-1/h2,4,13-14H,1,3,5-12H2. The first-order valence-electron chi connectivity index (χ1n) is 6.69. The van der Waals surface area contributed by atoms with E-state index in [-0.39, 0.29) is 0 Å². The van der Waals surface area contributed by atoms with Gasteiger partial charge in [-0.1, -0.05) is 37.8 Å². The van der Waals surface area contributed by atoms with Crippen LogP contribution in [0.15, 0.2) is 12.2 Å². The molecule has 1 aliphatic carbocycles. The maximum atomic E-state index is 5.77. The van der Waals surface area contributed by atoms with Crippen molar-refractivity contribution in [3.05, 3.63) is 12.2 Å². The van der Waals surface area contributed by atoms with E-state index < -0.39 is 0 Å². The van der Waals surface area contributed by atoms with Crippen LogP contribution < -0.4 is 0 Å². The molecule has 1 saturated carbocycles. The zero-order valence-electron chi connectivity index (χ0n) is 9.79. The molecule has 86 valence electrons. The smallest absolute Gasteiger partial charge is 0.0500 e. The molecule has 1 heteroatoms. The monoisotopic (exact) mass is 208 g/mol. The summed E-state index contributed by atoms with van der Waals surface area (Å²) in [6, 6.07) is 0. The molecule has 15 heavy (non-hydrogen) atoms. The molecule has 0 aromatic carbocycles. The molecule has 0 radical (unpaired) electrons. The fraction of sp³-hybridized carbons (Fsp3) is 0.857. The molecular weight excluding hydrogens is 184 g/mol. The normalized spacial score (nSPS) is 34.1. The van der Waals surface area contributed by atoms with Gasteiger partial charge in [-0.25, -0.2) is 0 Å². The van der Waals surface area contributed by atoms with Gasteiger partial charge in [-0.3, -0.25) is 0 Å². The minimum atomic E-state index is 0.883. The van der Waals surface area contributed by atoms with Crippen LogP contribution in [0.25, 0.3) is 0 Å². The fourth-order valence-electron chi connectivity index (χ4n) is 3.00. The van der Waals surface area contributed by atoms with E-state index in [0.29, 0.717) is 0 Å². The second-order valence-electron chi connectivity index (χ2n) is 5.07. The van der Waals surface area contributed by atoms with Gasteiger partial charge in [0.25, 0.3) is 0 Å². The highest BCUT2D eigenvalue weighted by molar-refractivity contribution is 4.83. The quantitative estimate of drug-likeness (QED) is 0.548. The molecule has 0 amide bonds. The van der Waals surface area contributed by atoms with Crippen molar-refractivity contribution in [3.8, 4) is 0 Å². The average Bonchev–Trinajstić information content (AvgIpc) is 2.65. The first-order valence-corrected chi connectivity index (χ1v) is 6.69. The van der Waals surface area contributed by atoms with Crippen LogP contribution in [0.3, 0.4) is 0 Å². The van der Waals surface area contributed by atoms with E-state index in [9.17, 15) is 0 Å². The number of hydrogen-bond acceptors (Lipinski definition) is 1. The summed E-state index contributed by atoms with van der Waals surface area (Å²) < 4.78 is 5.77. The number of ether oxygens (including phenoxy) is 1. The van der Waals surface area contributed by atoms with E-state index >= 15 is 0 Å². The van der Waals surface area contributed by atoms with E-state index in [0.717, 1.165) is 31.5 Å². The Morgan fingerprint density at radius 2 is 1.60 bits per heavy atom. The molecule has 2 atom stereocenters. The molecule has 0 bridgehead atoms. The zero-order chi connectivity index (χ0) is 10.3. The predicted octanol–water partition coefficient (Wildman–Crippen LogP) is 3.94. The average molecular weight is 208 g/mol. The van der Waals surface area contributed by atoms with Crippen molar-refractivity contribution < 1.29 is 4.74 Å². The van der Waals surface area contributed by atoms with Crippen molar-refractivity contribution >= 4 is 0 Å². The fourth-order valence-corrected chi connectivity index (χ4v) is 3.00. The van der Waals surface area contributed by atoms with Crippen LogP contribution in [0.1, 0.15) is 51.4 Å². The van der Waals surface area contributed by atoms with E-state index in [1.807, 2.05) is 0 Å². The molecule has 2 aliphatic rings. The Labute approximate surface area is 93.9 Å². The van der Waals surface area contributed by atoms with E-state index in [1.165, 1.54) is 44.9 Å². The van der Waals surface area contributed by atoms with Crippen molar-refractivity contribution in [2.75, 3.05) is 13.2 Å². The van der Waals surface area contributed by atoms with E-state index in [4.69, 9.17) is 4.74 Å². The predicted molar refractivity (Wildman–Crippen MR) is 63.9 cm³/mol. The first-order chi connectivity index (χ1) is 7.47. The van der Waals surface area contributed by atoms with Gasteiger partial charge in [-0.15, -0.1) is 0 Å². The third-order valence-corrected chi connectivity index (χ3v) is 3.94. The molecule has 1 aliphatic heterocycles. The molecule has 0 spiro atoms. The number of hydrogen-bond donors (Lipinski definition) is 0. The van der Waals surface area contributed by atoms with Crippen molar-refractivity contribution in [3.63, 3.8) is 0 Å². The van der Waals surface area contributed by atoms with Gasteiger partial charge in [-0.2, -0.15) is 0 Å². The molecule has 0 N–H and O–H groups in total. The summed E-state index contributed by atoms with van der Waals surface area (Å²) >= 11 is 0. The van der Waals surface area contributed by atoms with Gasteiger partial charge < -0.3 is 4.74 Å². The molecule has 0 aromatic rings. The second kappa shape index (κ2) is 6.32. The molecule has 0 aromatic heterocycles. The van der Waals surface area contributed by atoms with Gasteiger partial charge in [0.15, 0.2) is 0 Å². The van der Waals surface area contributed by atoms with Crippen molar-refractivity contribution in [2.24, 2.45) is 11.8 Å². The Balaban J connectivity index is 1.82. The highest BCUT2D eigenvalue weighted by atomic mass is 16.5. The van der Waals surface area contributed by atoms with E-state index in [1.54, 1.807) is 0 Å². The van der Waals surface area contributed by atoms with Crippen LogP contribution in [0.2, 0.25) is 0 Å². The third-order valence-electron chi connectivity index (χ3n) is 3.94. The van der Waals surface area contributed by atoms with Gasteiger partial charge in [0.1, 0.15) is 0 Å². The largest absolute Gasteiger partial charge is 0.381 e. The lowest BCUT2D eigenvalue weighted by atomic mass is 9.91. The van der Waals surface area contributed by atoms with Gasteiger partial charge in [0.05, 0.1) is 6.61 Å². The van der Waals surface area contributed by atoms with Gasteiger partial charge in [0, 0.05) is 6.61 Å². The summed E-state index contributed by atoms with van der Waals surface area (Å²) in [5.41, 5.74) is 0. The van der Waals surface area contributed by atoms with Gasteiger partial charge >= 0.3 is 0 Å². The lowest BCUT2D eigenvalue weighted by Crippen LogP contribution is -2.15. The summed E-state index contributed by atoms with van der Waals surface area (Å²) in [5.74, 6) is 1.86. The van der Waals surface area contributed by atoms with Crippen LogP contribution >= 0.6 is 0 Å². The lowest BCUT2D eigenvalue weighted by Gasteiger charge is -2.19. The molecule has 0 saturated heterocycles. The molecule has 2 unspecified atom stereocenters. The van der Waals surface area contributed by atoms with Crippen LogP contribution in [0.4, 0.5) is 0 Å². The van der Waals surface area contributed by atoms with Crippen LogP contribution in [-0.2, 0) is 4.74 Å². The third kappa shape index (κ3) is 3.64.